The van der Waals surface area contributed by atoms with E-state index in [-0.39, 0.29) is 12.4 Å². The average Bonchev–Trinajstić information content (AvgIpc) is 3.00. The summed E-state index contributed by atoms with van der Waals surface area (Å²) in [5.41, 5.74) is 3.62. The lowest BCUT2D eigenvalue weighted by Crippen LogP contribution is -2.38. The number of para-hydroxylation sites is 1. The van der Waals surface area contributed by atoms with Gasteiger partial charge in [0.15, 0.2) is 0 Å². The molecule has 2 aliphatic rings. The first kappa shape index (κ1) is 20.2. The predicted octanol–water partition coefficient (Wildman–Crippen LogP) is 3.84. The average molecular weight is 389 g/mol. The molecule has 0 saturated carbocycles. The molecule has 0 radical (unpaired) electrons. The summed E-state index contributed by atoms with van der Waals surface area (Å²) in [5, 5.41) is 10.6. The summed E-state index contributed by atoms with van der Waals surface area (Å²) in [6, 6.07) is 16.6. The molecule has 0 amide bonds. The molecule has 1 N–H and O–H groups in total. The second kappa shape index (κ2) is 9.07. The zero-order chi connectivity index (χ0) is 17.9. The number of piperidine rings is 1. The van der Waals surface area contributed by atoms with Crippen molar-refractivity contribution in [3.05, 3.63) is 65.2 Å². The number of methoxy groups -OCH3 is 1. The molecule has 5 heteroatoms. The standard InChI is InChI=1S/C22H28N2O2.ClH/c1-26-21-9-5-3-7-19(21)15-23-12-10-17(11-13-23)14-24-16-18-6-2-4-8-20(18)22(24)25;/h2-9,17,22,25H,10-16H2,1H3;1H. The van der Waals surface area contributed by atoms with Crippen LogP contribution in [0.3, 0.4) is 0 Å². The highest BCUT2D eigenvalue weighted by molar-refractivity contribution is 5.85. The van der Waals surface area contributed by atoms with Gasteiger partial charge in [0.2, 0.25) is 0 Å². The maximum absolute atomic E-state index is 10.6. The molecule has 2 heterocycles. The van der Waals surface area contributed by atoms with Gasteiger partial charge in [-0.15, -0.1) is 12.4 Å². The van der Waals surface area contributed by atoms with E-state index in [0.29, 0.717) is 5.92 Å². The lowest BCUT2D eigenvalue weighted by molar-refractivity contribution is -0.00409. The van der Waals surface area contributed by atoms with Crippen molar-refractivity contribution in [1.82, 2.24) is 9.80 Å². The SMILES string of the molecule is COc1ccccc1CN1CCC(CN2Cc3ccccc3C2O)CC1.Cl. The van der Waals surface area contributed by atoms with Crippen LogP contribution in [0.2, 0.25) is 0 Å². The Morgan fingerprint density at radius 3 is 2.48 bits per heavy atom. The molecule has 4 nitrogen and oxygen atoms in total. The van der Waals surface area contributed by atoms with Crippen molar-refractivity contribution >= 4 is 12.4 Å². The number of rotatable bonds is 5. The topological polar surface area (TPSA) is 35.9 Å². The van der Waals surface area contributed by atoms with Crippen molar-refractivity contribution in [2.45, 2.75) is 32.2 Å². The number of hydrogen-bond donors (Lipinski definition) is 1. The second-order valence-corrected chi connectivity index (χ2v) is 7.53. The normalized spacial score (nSPS) is 20.9. The van der Waals surface area contributed by atoms with Crippen LogP contribution < -0.4 is 4.74 Å². The van der Waals surface area contributed by atoms with Crippen LogP contribution in [0.4, 0.5) is 0 Å². The molecule has 4 rings (SSSR count). The first-order valence-corrected chi connectivity index (χ1v) is 9.59. The third-order valence-corrected chi connectivity index (χ3v) is 5.84. The smallest absolute Gasteiger partial charge is 0.134 e. The Hall–Kier alpha value is -1.59. The summed E-state index contributed by atoms with van der Waals surface area (Å²) >= 11 is 0. The highest BCUT2D eigenvalue weighted by Crippen LogP contribution is 2.33. The minimum absolute atomic E-state index is 0. The van der Waals surface area contributed by atoms with Gasteiger partial charge >= 0.3 is 0 Å². The number of likely N-dealkylation sites (tertiary alicyclic amines) is 1. The monoisotopic (exact) mass is 388 g/mol. The Morgan fingerprint density at radius 1 is 1.04 bits per heavy atom. The lowest BCUT2D eigenvalue weighted by atomic mass is 9.95. The number of halogens is 1. The third kappa shape index (κ3) is 4.46. The number of aliphatic hydroxyl groups is 1. The Balaban J connectivity index is 0.00000210. The van der Waals surface area contributed by atoms with Gasteiger partial charge < -0.3 is 9.84 Å². The fourth-order valence-corrected chi connectivity index (χ4v) is 4.33. The molecule has 1 unspecified atom stereocenters. The molecule has 146 valence electrons. The van der Waals surface area contributed by atoms with Crippen molar-refractivity contribution in [1.29, 1.82) is 0 Å². The number of fused-ring (bicyclic) bond motifs is 1. The van der Waals surface area contributed by atoms with Crippen LogP contribution in [0.5, 0.6) is 5.75 Å². The van der Waals surface area contributed by atoms with Crippen molar-refractivity contribution in [3.63, 3.8) is 0 Å². The maximum Gasteiger partial charge on any atom is 0.134 e. The van der Waals surface area contributed by atoms with Gasteiger partial charge in [0.05, 0.1) is 7.11 Å². The van der Waals surface area contributed by atoms with Crippen LogP contribution in [-0.4, -0.2) is 41.7 Å². The van der Waals surface area contributed by atoms with Gasteiger partial charge in [0.25, 0.3) is 0 Å². The summed E-state index contributed by atoms with van der Waals surface area (Å²) < 4.78 is 5.48. The maximum atomic E-state index is 10.6. The minimum atomic E-state index is -0.433. The minimum Gasteiger partial charge on any atom is -0.496 e. The molecular formula is C22H29ClN2O2. The van der Waals surface area contributed by atoms with Gasteiger partial charge in [-0.3, -0.25) is 9.80 Å². The fraction of sp³-hybridized carbons (Fsp3) is 0.455. The van der Waals surface area contributed by atoms with E-state index in [2.05, 4.69) is 40.1 Å². The Bertz CT molecular complexity index is 747. The van der Waals surface area contributed by atoms with Crippen molar-refractivity contribution < 1.29 is 9.84 Å². The molecule has 2 aliphatic heterocycles. The van der Waals surface area contributed by atoms with Crippen molar-refractivity contribution in [3.8, 4) is 5.75 Å². The van der Waals surface area contributed by atoms with E-state index in [0.717, 1.165) is 44.0 Å². The largest absolute Gasteiger partial charge is 0.496 e. The first-order chi connectivity index (χ1) is 12.7. The van der Waals surface area contributed by atoms with Gasteiger partial charge in [0.1, 0.15) is 12.0 Å². The van der Waals surface area contributed by atoms with Crippen LogP contribution in [0.1, 0.15) is 35.8 Å². The fourth-order valence-electron chi connectivity index (χ4n) is 4.33. The van der Waals surface area contributed by atoms with Gasteiger partial charge in [-0.05, 0) is 49.0 Å². The molecular weight excluding hydrogens is 360 g/mol. The molecule has 2 aromatic rings. The van der Waals surface area contributed by atoms with E-state index in [9.17, 15) is 5.11 Å². The van der Waals surface area contributed by atoms with Gasteiger partial charge in [0, 0.05) is 25.2 Å². The van der Waals surface area contributed by atoms with E-state index in [1.165, 1.54) is 24.0 Å². The van der Waals surface area contributed by atoms with Gasteiger partial charge in [-0.25, -0.2) is 0 Å². The zero-order valence-corrected chi connectivity index (χ0v) is 16.7. The number of benzene rings is 2. The highest BCUT2D eigenvalue weighted by Gasteiger charge is 2.31. The number of aliphatic hydroxyl groups excluding tert-OH is 1. The van der Waals surface area contributed by atoms with E-state index >= 15 is 0 Å². The van der Waals surface area contributed by atoms with E-state index in [4.69, 9.17) is 4.74 Å². The molecule has 0 bridgehead atoms. The zero-order valence-electron chi connectivity index (χ0n) is 15.9. The number of ether oxygens (including phenoxy) is 1. The van der Waals surface area contributed by atoms with Crippen molar-refractivity contribution in [2.75, 3.05) is 26.7 Å². The molecule has 1 saturated heterocycles. The number of hydrogen-bond acceptors (Lipinski definition) is 4. The quantitative estimate of drug-likeness (QED) is 0.844. The third-order valence-electron chi connectivity index (χ3n) is 5.84. The molecule has 0 aliphatic carbocycles. The van der Waals surface area contributed by atoms with Crippen LogP contribution >= 0.6 is 12.4 Å². The summed E-state index contributed by atoms with van der Waals surface area (Å²) in [5.74, 6) is 1.64. The van der Waals surface area contributed by atoms with E-state index < -0.39 is 6.23 Å². The molecule has 1 fully saturated rings. The molecule has 27 heavy (non-hydrogen) atoms. The van der Waals surface area contributed by atoms with Crippen LogP contribution in [-0.2, 0) is 13.1 Å². The Morgan fingerprint density at radius 2 is 1.74 bits per heavy atom. The molecule has 2 aromatic carbocycles. The van der Waals surface area contributed by atoms with E-state index in [1.807, 2.05) is 18.2 Å². The van der Waals surface area contributed by atoms with Crippen molar-refractivity contribution in [2.24, 2.45) is 5.92 Å². The highest BCUT2D eigenvalue weighted by atomic mass is 35.5. The van der Waals surface area contributed by atoms with E-state index in [1.54, 1.807) is 7.11 Å². The van der Waals surface area contributed by atoms with Crippen LogP contribution in [0, 0.1) is 5.92 Å². The van der Waals surface area contributed by atoms with Gasteiger partial charge in [-0.1, -0.05) is 42.5 Å². The lowest BCUT2D eigenvalue weighted by Gasteiger charge is -2.34. The molecule has 0 aromatic heterocycles. The second-order valence-electron chi connectivity index (χ2n) is 7.53. The predicted molar refractivity (Wildman–Crippen MR) is 110 cm³/mol. The summed E-state index contributed by atoms with van der Waals surface area (Å²) in [6.45, 7) is 5.03. The van der Waals surface area contributed by atoms with Crippen LogP contribution in [0.15, 0.2) is 48.5 Å². The summed E-state index contributed by atoms with van der Waals surface area (Å²) in [6.07, 6.45) is 1.95. The number of nitrogens with zero attached hydrogens (tertiary/aromatic N) is 2. The first-order valence-electron chi connectivity index (χ1n) is 9.59. The summed E-state index contributed by atoms with van der Waals surface area (Å²) in [7, 11) is 1.74. The molecule has 0 spiro atoms. The molecule has 1 atom stereocenters. The van der Waals surface area contributed by atoms with Crippen LogP contribution in [0.25, 0.3) is 0 Å². The summed E-state index contributed by atoms with van der Waals surface area (Å²) in [4.78, 5) is 4.74. The Labute approximate surface area is 168 Å². The Kier molecular flexibility index (Phi) is 6.77. The van der Waals surface area contributed by atoms with Gasteiger partial charge in [-0.2, -0.15) is 0 Å².